The molecule has 0 aliphatic carbocycles. The van der Waals surface area contributed by atoms with Gasteiger partial charge in [0.15, 0.2) is 11.5 Å². The first kappa shape index (κ1) is 25.6. The first-order valence-corrected chi connectivity index (χ1v) is 13.1. The topological polar surface area (TPSA) is 113 Å². The average Bonchev–Trinajstić information content (AvgIpc) is 3.67. The molecule has 0 aliphatic heterocycles. The summed E-state index contributed by atoms with van der Waals surface area (Å²) in [5.41, 5.74) is 4.56. The fourth-order valence-electron chi connectivity index (χ4n) is 4.30. The minimum atomic E-state index is -0.375. The van der Waals surface area contributed by atoms with Crippen molar-refractivity contribution in [2.45, 2.75) is 39.8 Å². The van der Waals surface area contributed by atoms with Crippen molar-refractivity contribution in [1.29, 1.82) is 0 Å². The van der Waals surface area contributed by atoms with Gasteiger partial charge >= 0.3 is 5.97 Å². The second-order valence-corrected chi connectivity index (χ2v) is 10.4. The number of benzene rings is 1. The van der Waals surface area contributed by atoms with Gasteiger partial charge in [0.05, 0.1) is 35.0 Å². The lowest BCUT2D eigenvalue weighted by atomic mass is 10.0. The van der Waals surface area contributed by atoms with Gasteiger partial charge in [0, 0.05) is 30.0 Å². The van der Waals surface area contributed by atoms with E-state index in [0.29, 0.717) is 17.9 Å². The molecule has 0 saturated heterocycles. The van der Waals surface area contributed by atoms with Crippen LogP contribution in [0.2, 0.25) is 0 Å². The highest BCUT2D eigenvalue weighted by molar-refractivity contribution is 7.10. The van der Waals surface area contributed by atoms with E-state index >= 15 is 0 Å². The Bertz CT molecular complexity index is 1530. The molecule has 0 unspecified atom stereocenters. The molecular weight excluding hydrogens is 500 g/mol. The van der Waals surface area contributed by atoms with E-state index in [1.807, 2.05) is 54.2 Å². The summed E-state index contributed by atoms with van der Waals surface area (Å²) in [6.07, 6.45) is 7.38. The van der Waals surface area contributed by atoms with Crippen LogP contribution in [0, 0.1) is 6.92 Å². The summed E-state index contributed by atoms with van der Waals surface area (Å²) in [4.78, 5) is 24.0. The average molecular weight is 531 g/mol. The minimum absolute atomic E-state index is 0.272. The Morgan fingerprint density at radius 1 is 1.24 bits per heavy atom. The fraction of sp³-hybridized carbons (Fsp3) is 0.296. The van der Waals surface area contributed by atoms with Crippen molar-refractivity contribution in [2.75, 3.05) is 18.5 Å². The van der Waals surface area contributed by atoms with Gasteiger partial charge in [-0.25, -0.2) is 14.8 Å². The lowest BCUT2D eigenvalue weighted by molar-refractivity contribution is 0.0113. The molecule has 0 atom stereocenters. The third-order valence-corrected chi connectivity index (χ3v) is 7.11. The molecular formula is C27H30N8O2S. The number of hydrogen-bond acceptors (Lipinski definition) is 9. The number of ether oxygens (including phenoxy) is 1. The van der Waals surface area contributed by atoms with Crippen LogP contribution in [0.1, 0.15) is 42.5 Å². The van der Waals surface area contributed by atoms with Crippen LogP contribution >= 0.6 is 11.5 Å². The van der Waals surface area contributed by atoms with Crippen LogP contribution in [0.3, 0.4) is 0 Å². The molecule has 0 radical (unpaired) electrons. The molecule has 0 spiro atoms. The molecule has 0 fully saturated rings. The van der Waals surface area contributed by atoms with Crippen LogP contribution in [-0.2, 0) is 11.3 Å². The first-order valence-electron chi connectivity index (χ1n) is 12.4. The summed E-state index contributed by atoms with van der Waals surface area (Å²) in [7, 11) is 0. The van der Waals surface area contributed by atoms with E-state index in [4.69, 9.17) is 4.74 Å². The number of nitrogens with zero attached hydrogens (tertiary/aromatic N) is 6. The number of rotatable bonds is 10. The number of esters is 1. The van der Waals surface area contributed by atoms with Crippen molar-refractivity contribution in [3.8, 4) is 11.3 Å². The van der Waals surface area contributed by atoms with Crippen LogP contribution in [0.5, 0.6) is 0 Å². The summed E-state index contributed by atoms with van der Waals surface area (Å²) < 4.78 is 12.3. The third-order valence-electron chi connectivity index (χ3n) is 6.36. The number of likely N-dealkylation sites (N-methyl/N-ethyl adjacent to an activating group) is 1. The highest BCUT2D eigenvalue weighted by atomic mass is 32.1. The number of aromatic amines is 1. The Kier molecular flexibility index (Phi) is 7.21. The van der Waals surface area contributed by atoms with E-state index in [-0.39, 0.29) is 18.1 Å². The molecule has 196 valence electrons. The Morgan fingerprint density at radius 2 is 2.05 bits per heavy atom. The van der Waals surface area contributed by atoms with Gasteiger partial charge in [0.1, 0.15) is 11.6 Å². The standard InChI is InChI=1S/C27H30N8O2S/c1-5-34(27(3,4)17-37-26(36)19-9-7-6-8-10-19)16-21-11-23(38-33-21)32-24-25-28-14-22(20-12-29-30-13-20)35(25)15-18(2)31-24/h6-15H,5,16-17H2,1-4H3,(H,29,30)(H,31,32). The minimum Gasteiger partial charge on any atom is -0.460 e. The molecule has 38 heavy (non-hydrogen) atoms. The van der Waals surface area contributed by atoms with E-state index in [9.17, 15) is 4.79 Å². The van der Waals surface area contributed by atoms with E-state index in [0.717, 1.165) is 39.8 Å². The number of anilines is 2. The monoisotopic (exact) mass is 530 g/mol. The van der Waals surface area contributed by atoms with E-state index in [2.05, 4.69) is 55.5 Å². The molecule has 0 amide bonds. The normalized spacial score (nSPS) is 11.8. The molecule has 0 saturated carbocycles. The SMILES string of the molecule is CCN(Cc1cc(Nc2nc(C)cn3c(-c4cn[nH]c4)cnc23)sn1)C(C)(C)COC(=O)c1ccccc1. The molecule has 0 aliphatic rings. The van der Waals surface area contributed by atoms with Gasteiger partial charge in [-0.3, -0.25) is 14.4 Å². The largest absolute Gasteiger partial charge is 0.460 e. The van der Waals surface area contributed by atoms with Crippen molar-refractivity contribution in [2.24, 2.45) is 0 Å². The van der Waals surface area contributed by atoms with E-state index in [1.54, 1.807) is 18.3 Å². The van der Waals surface area contributed by atoms with Crippen molar-refractivity contribution in [3.05, 3.63) is 78.1 Å². The number of imidazole rings is 1. The Morgan fingerprint density at radius 3 is 2.79 bits per heavy atom. The van der Waals surface area contributed by atoms with Crippen LogP contribution in [0.15, 0.2) is 61.2 Å². The zero-order valence-corrected chi connectivity index (χ0v) is 22.6. The van der Waals surface area contributed by atoms with Crippen LogP contribution in [0.25, 0.3) is 16.9 Å². The fourth-order valence-corrected chi connectivity index (χ4v) is 4.96. The number of fused-ring (bicyclic) bond motifs is 1. The van der Waals surface area contributed by atoms with Crippen molar-refractivity contribution >= 4 is 34.0 Å². The molecule has 11 heteroatoms. The zero-order valence-electron chi connectivity index (χ0n) is 21.8. The Balaban J connectivity index is 1.28. The molecule has 4 heterocycles. The summed E-state index contributed by atoms with van der Waals surface area (Å²) >= 11 is 1.38. The smallest absolute Gasteiger partial charge is 0.338 e. The maximum atomic E-state index is 12.4. The number of carbonyl (C=O) groups is 1. The van der Waals surface area contributed by atoms with Gasteiger partial charge in [0.25, 0.3) is 0 Å². The zero-order chi connectivity index (χ0) is 26.7. The molecule has 5 rings (SSSR count). The predicted octanol–water partition coefficient (Wildman–Crippen LogP) is 5.09. The van der Waals surface area contributed by atoms with Gasteiger partial charge in [-0.05, 0) is 57.0 Å². The predicted molar refractivity (Wildman–Crippen MR) is 148 cm³/mol. The number of aromatic nitrogens is 6. The number of aryl methyl sites for hydroxylation is 1. The number of hydrogen-bond donors (Lipinski definition) is 2. The van der Waals surface area contributed by atoms with Crippen molar-refractivity contribution in [1.82, 2.24) is 33.8 Å². The van der Waals surface area contributed by atoms with Crippen molar-refractivity contribution in [3.63, 3.8) is 0 Å². The van der Waals surface area contributed by atoms with Gasteiger partial charge in [-0.1, -0.05) is 25.1 Å². The lowest BCUT2D eigenvalue weighted by Crippen LogP contribution is -2.47. The van der Waals surface area contributed by atoms with Crippen LogP contribution in [-0.4, -0.2) is 58.5 Å². The summed E-state index contributed by atoms with van der Waals surface area (Å²) in [6.45, 7) is 9.86. The summed E-state index contributed by atoms with van der Waals surface area (Å²) in [5.74, 6) is 0.345. The van der Waals surface area contributed by atoms with Gasteiger partial charge in [-0.15, -0.1) is 0 Å². The van der Waals surface area contributed by atoms with E-state index < -0.39 is 0 Å². The lowest BCUT2D eigenvalue weighted by Gasteiger charge is -2.36. The molecule has 10 nitrogen and oxygen atoms in total. The molecule has 0 bridgehead atoms. The maximum Gasteiger partial charge on any atom is 0.338 e. The molecule has 1 aromatic carbocycles. The first-order chi connectivity index (χ1) is 18.3. The highest BCUT2D eigenvalue weighted by Crippen LogP contribution is 2.28. The summed E-state index contributed by atoms with van der Waals surface area (Å²) in [6, 6.07) is 11.1. The Hall–Kier alpha value is -4.09. The number of carbonyl (C=O) groups excluding carboxylic acids is 1. The van der Waals surface area contributed by atoms with Crippen LogP contribution < -0.4 is 5.32 Å². The second-order valence-electron chi connectivity index (χ2n) is 9.63. The van der Waals surface area contributed by atoms with Gasteiger partial charge < -0.3 is 10.1 Å². The van der Waals surface area contributed by atoms with Crippen molar-refractivity contribution < 1.29 is 9.53 Å². The van der Waals surface area contributed by atoms with Gasteiger partial charge in [0.2, 0.25) is 0 Å². The van der Waals surface area contributed by atoms with E-state index in [1.165, 1.54) is 11.5 Å². The van der Waals surface area contributed by atoms with Crippen LogP contribution in [0.4, 0.5) is 10.8 Å². The maximum absolute atomic E-state index is 12.4. The Labute approximate surface area is 224 Å². The molecule has 5 aromatic rings. The number of H-pyrrole nitrogens is 1. The number of nitrogens with one attached hydrogen (secondary N) is 2. The van der Waals surface area contributed by atoms with Gasteiger partial charge in [-0.2, -0.15) is 9.47 Å². The molecule has 2 N–H and O–H groups in total. The quantitative estimate of drug-likeness (QED) is 0.240. The highest BCUT2D eigenvalue weighted by Gasteiger charge is 2.28. The summed E-state index contributed by atoms with van der Waals surface area (Å²) in [5, 5.41) is 11.2. The second kappa shape index (κ2) is 10.7. The third kappa shape index (κ3) is 5.43. The molecule has 4 aromatic heterocycles.